The molecule has 0 bridgehead atoms. The minimum Gasteiger partial charge on any atom is -0.382 e. The Bertz CT molecular complexity index is 529. The second-order valence-corrected chi connectivity index (χ2v) is 6.86. The van der Waals surface area contributed by atoms with Crippen molar-refractivity contribution in [2.24, 2.45) is 5.92 Å². The third-order valence-corrected chi connectivity index (χ3v) is 5.22. The Morgan fingerprint density at radius 2 is 2.05 bits per heavy atom. The van der Waals surface area contributed by atoms with Gasteiger partial charge < -0.3 is 5.11 Å². The Morgan fingerprint density at radius 1 is 1.30 bits per heavy atom. The van der Waals surface area contributed by atoms with E-state index >= 15 is 0 Å². The van der Waals surface area contributed by atoms with E-state index < -0.39 is 12.0 Å². The summed E-state index contributed by atoms with van der Waals surface area (Å²) in [6.07, 6.45) is 2.44. The second kappa shape index (κ2) is 4.99. The molecule has 0 aromatic heterocycles. The summed E-state index contributed by atoms with van der Waals surface area (Å²) in [4.78, 5) is 0.484. The first-order valence-electron chi connectivity index (χ1n) is 7.30. The van der Waals surface area contributed by atoms with Gasteiger partial charge in [0, 0.05) is 16.9 Å². The van der Waals surface area contributed by atoms with Gasteiger partial charge in [-0.1, -0.05) is 25.8 Å². The van der Waals surface area contributed by atoms with Crippen molar-refractivity contribution in [1.82, 2.24) is 0 Å². The van der Waals surface area contributed by atoms with E-state index in [0.717, 1.165) is 24.8 Å². The third-order valence-electron chi connectivity index (χ3n) is 4.83. The van der Waals surface area contributed by atoms with E-state index in [9.17, 15) is 13.9 Å². The quantitative estimate of drug-likeness (QED) is 0.732. The summed E-state index contributed by atoms with van der Waals surface area (Å²) in [6.45, 7) is 2.23. The molecule has 0 saturated heterocycles. The van der Waals surface area contributed by atoms with Crippen molar-refractivity contribution in [2.45, 2.75) is 61.9 Å². The Hall–Kier alpha value is -0.610. The summed E-state index contributed by atoms with van der Waals surface area (Å²) in [5, 5.41) is 9.87. The third kappa shape index (κ3) is 2.27. The number of hydrogen-bond acceptors (Lipinski definition) is 2. The van der Waals surface area contributed by atoms with Gasteiger partial charge in [0.2, 0.25) is 0 Å². The minimum atomic E-state index is -3.06. The highest BCUT2D eigenvalue weighted by Gasteiger charge is 2.49. The second-order valence-electron chi connectivity index (χ2n) is 6.38. The van der Waals surface area contributed by atoms with Gasteiger partial charge in [-0.25, -0.2) is 8.78 Å². The van der Waals surface area contributed by atoms with E-state index in [2.05, 4.69) is 19.6 Å². The van der Waals surface area contributed by atoms with Gasteiger partial charge in [0.25, 0.3) is 5.92 Å². The van der Waals surface area contributed by atoms with E-state index in [4.69, 9.17) is 0 Å². The van der Waals surface area contributed by atoms with Crippen LogP contribution in [0, 0.1) is 5.92 Å². The van der Waals surface area contributed by atoms with Gasteiger partial charge in [0.15, 0.2) is 0 Å². The summed E-state index contributed by atoms with van der Waals surface area (Å²) >= 11 is 4.26. The molecule has 110 valence electrons. The SMILES string of the molecule is CC1CCCC(c2ccc(S)c3c2CC(F)(F)C3O)C1. The van der Waals surface area contributed by atoms with E-state index in [-0.39, 0.29) is 6.42 Å². The van der Waals surface area contributed by atoms with Crippen molar-refractivity contribution in [3.05, 3.63) is 28.8 Å². The van der Waals surface area contributed by atoms with Crippen molar-refractivity contribution in [3.8, 4) is 0 Å². The lowest BCUT2D eigenvalue weighted by Crippen LogP contribution is -2.21. The lowest BCUT2D eigenvalue weighted by molar-refractivity contribution is -0.0975. The van der Waals surface area contributed by atoms with Crippen LogP contribution in [0.2, 0.25) is 0 Å². The smallest absolute Gasteiger partial charge is 0.281 e. The van der Waals surface area contributed by atoms with Crippen LogP contribution in [0.25, 0.3) is 0 Å². The molecule has 3 rings (SSSR count). The summed E-state index contributed by atoms with van der Waals surface area (Å²) in [5.74, 6) is -2.06. The standard InChI is InChI=1S/C16H20F2OS/c1-9-3-2-4-10(7-9)11-5-6-13(20)14-12(11)8-16(17,18)15(14)19/h5-6,9-10,15,19-20H,2-4,7-8H2,1H3. The van der Waals surface area contributed by atoms with Crippen LogP contribution in [-0.4, -0.2) is 11.0 Å². The molecular weight excluding hydrogens is 278 g/mol. The van der Waals surface area contributed by atoms with E-state index in [0.29, 0.717) is 27.9 Å². The maximum atomic E-state index is 13.9. The molecule has 2 aliphatic rings. The molecule has 2 aliphatic carbocycles. The number of aliphatic hydroxyl groups excluding tert-OH is 1. The number of benzene rings is 1. The van der Waals surface area contributed by atoms with Gasteiger partial charge in [0.1, 0.15) is 6.10 Å². The highest BCUT2D eigenvalue weighted by molar-refractivity contribution is 7.80. The zero-order valence-corrected chi connectivity index (χ0v) is 12.5. The number of rotatable bonds is 1. The van der Waals surface area contributed by atoms with Crippen LogP contribution in [0.3, 0.4) is 0 Å². The Morgan fingerprint density at radius 3 is 2.75 bits per heavy atom. The number of thiol groups is 1. The zero-order chi connectivity index (χ0) is 14.5. The number of fused-ring (bicyclic) bond motifs is 1. The molecule has 0 amide bonds. The first-order valence-corrected chi connectivity index (χ1v) is 7.75. The molecule has 20 heavy (non-hydrogen) atoms. The summed E-state index contributed by atoms with van der Waals surface area (Å²) in [7, 11) is 0. The fourth-order valence-electron chi connectivity index (χ4n) is 3.81. The maximum Gasteiger partial charge on any atom is 0.281 e. The largest absolute Gasteiger partial charge is 0.382 e. The molecule has 0 spiro atoms. The van der Waals surface area contributed by atoms with Crippen LogP contribution in [0.1, 0.15) is 61.3 Å². The van der Waals surface area contributed by atoms with Gasteiger partial charge in [-0.2, -0.15) is 0 Å². The highest BCUT2D eigenvalue weighted by Crippen LogP contribution is 2.49. The normalized spacial score (nSPS) is 32.1. The lowest BCUT2D eigenvalue weighted by atomic mass is 9.77. The van der Waals surface area contributed by atoms with Crippen molar-refractivity contribution in [1.29, 1.82) is 0 Å². The maximum absolute atomic E-state index is 13.9. The number of alkyl halides is 2. The summed E-state index contributed by atoms with van der Waals surface area (Å²) in [5.41, 5.74) is 2.02. The van der Waals surface area contributed by atoms with Crippen LogP contribution < -0.4 is 0 Å². The molecule has 1 aromatic rings. The van der Waals surface area contributed by atoms with Crippen LogP contribution in [-0.2, 0) is 6.42 Å². The zero-order valence-electron chi connectivity index (χ0n) is 11.6. The van der Waals surface area contributed by atoms with Crippen molar-refractivity contribution >= 4 is 12.6 Å². The van der Waals surface area contributed by atoms with Crippen molar-refractivity contribution in [3.63, 3.8) is 0 Å². The fourth-order valence-corrected chi connectivity index (χ4v) is 4.15. The molecule has 3 atom stereocenters. The molecule has 1 aromatic carbocycles. The Balaban J connectivity index is 2.03. The average molecular weight is 298 g/mol. The van der Waals surface area contributed by atoms with Gasteiger partial charge >= 0.3 is 0 Å². The number of aliphatic hydroxyl groups is 1. The van der Waals surface area contributed by atoms with Gasteiger partial charge in [0.05, 0.1) is 0 Å². The van der Waals surface area contributed by atoms with Crippen molar-refractivity contribution in [2.75, 3.05) is 0 Å². The van der Waals surface area contributed by atoms with Crippen LogP contribution >= 0.6 is 12.6 Å². The molecule has 1 saturated carbocycles. The molecule has 0 aliphatic heterocycles. The van der Waals surface area contributed by atoms with E-state index in [1.165, 1.54) is 6.42 Å². The van der Waals surface area contributed by atoms with Gasteiger partial charge in [-0.05, 0) is 41.9 Å². The fraction of sp³-hybridized carbons (Fsp3) is 0.625. The first-order chi connectivity index (χ1) is 9.40. The monoisotopic (exact) mass is 298 g/mol. The van der Waals surface area contributed by atoms with Crippen molar-refractivity contribution < 1.29 is 13.9 Å². The van der Waals surface area contributed by atoms with Gasteiger partial charge in [-0.15, -0.1) is 12.6 Å². The Kier molecular flexibility index (Phi) is 3.57. The molecule has 3 unspecified atom stereocenters. The predicted octanol–water partition coefficient (Wildman–Crippen LogP) is 4.49. The van der Waals surface area contributed by atoms with E-state index in [1.54, 1.807) is 6.07 Å². The van der Waals surface area contributed by atoms with Crippen LogP contribution in [0.4, 0.5) is 8.78 Å². The van der Waals surface area contributed by atoms with Crippen LogP contribution in [0.15, 0.2) is 17.0 Å². The topological polar surface area (TPSA) is 20.2 Å². The van der Waals surface area contributed by atoms with Crippen LogP contribution in [0.5, 0.6) is 0 Å². The molecule has 1 fully saturated rings. The molecule has 0 heterocycles. The average Bonchev–Trinajstić information content (AvgIpc) is 2.61. The van der Waals surface area contributed by atoms with Gasteiger partial charge in [-0.3, -0.25) is 0 Å². The Labute approximate surface area is 123 Å². The molecule has 1 nitrogen and oxygen atoms in total. The molecule has 1 N–H and O–H groups in total. The predicted molar refractivity (Wildman–Crippen MR) is 77.7 cm³/mol. The molecule has 4 heteroatoms. The first kappa shape index (κ1) is 14.3. The minimum absolute atomic E-state index is 0.349. The highest BCUT2D eigenvalue weighted by atomic mass is 32.1. The molecular formula is C16H20F2OS. The molecule has 0 radical (unpaired) electrons. The number of halogens is 2. The summed E-state index contributed by atoms with van der Waals surface area (Å²) < 4.78 is 27.7. The number of hydrogen-bond donors (Lipinski definition) is 2. The summed E-state index contributed by atoms with van der Waals surface area (Å²) in [6, 6.07) is 3.71. The van der Waals surface area contributed by atoms with E-state index in [1.807, 2.05) is 6.07 Å². The lowest BCUT2D eigenvalue weighted by Gasteiger charge is -2.28.